The Bertz CT molecular complexity index is 1870. The van der Waals surface area contributed by atoms with Crippen LogP contribution in [0, 0.1) is 35.0 Å². The van der Waals surface area contributed by atoms with Crippen molar-refractivity contribution in [3.63, 3.8) is 0 Å². The largest absolute Gasteiger partial charge is 0.376 e. The molecule has 1 aliphatic carbocycles. The van der Waals surface area contributed by atoms with Crippen LogP contribution in [0.3, 0.4) is 0 Å². The Morgan fingerprint density at radius 1 is 0.368 bits per heavy atom. The fourth-order valence-corrected chi connectivity index (χ4v) is 17.4. The third kappa shape index (κ3) is 20.2. The molecule has 0 bridgehead atoms. The van der Waals surface area contributed by atoms with Crippen LogP contribution in [0.4, 0.5) is 0 Å². The van der Waals surface area contributed by atoms with Crippen LogP contribution in [0.2, 0.25) is 0 Å². The van der Waals surface area contributed by atoms with Gasteiger partial charge in [0.05, 0.1) is 6.10 Å². The van der Waals surface area contributed by atoms with Crippen molar-refractivity contribution in [1.29, 1.82) is 0 Å². The van der Waals surface area contributed by atoms with Crippen molar-refractivity contribution in [3.05, 3.63) is 0 Å². The molecule has 13 saturated heterocycles. The van der Waals surface area contributed by atoms with E-state index in [1.807, 2.05) is 0 Å². The lowest BCUT2D eigenvalue weighted by atomic mass is 9.72. The molecular formula is C72H144N14O. The normalized spacial score (nSPS) is 32.0. The Kier molecular flexibility index (Phi) is 27.6. The molecule has 0 aromatic carbocycles. The first-order valence-electron chi connectivity index (χ1n) is 37.0. The van der Waals surface area contributed by atoms with Gasteiger partial charge in [0.2, 0.25) is 0 Å². The maximum Gasteiger partial charge on any atom is 0.0828 e. The first-order chi connectivity index (χ1) is 41.3. The van der Waals surface area contributed by atoms with Gasteiger partial charge in [-0.2, -0.15) is 0 Å². The summed E-state index contributed by atoms with van der Waals surface area (Å²) in [5.41, 5.74) is 0.721. The summed E-state index contributed by atoms with van der Waals surface area (Å²) in [6, 6.07) is 9.60. The van der Waals surface area contributed by atoms with Gasteiger partial charge in [-0.05, 0) is 246 Å². The number of rotatable bonds is 13. The van der Waals surface area contributed by atoms with E-state index < -0.39 is 0 Å². The zero-order valence-electron chi connectivity index (χ0n) is 60.9. The van der Waals surface area contributed by atoms with Crippen LogP contribution in [0.5, 0.6) is 0 Å². The van der Waals surface area contributed by atoms with E-state index in [1.165, 1.54) is 209 Å². The van der Waals surface area contributed by atoms with Crippen molar-refractivity contribution < 1.29 is 4.74 Å². The van der Waals surface area contributed by atoms with Gasteiger partial charge in [-0.3, -0.25) is 34.3 Å². The number of ether oxygens (including phenoxy) is 1. The molecular weight excluding hydrogens is 1080 g/mol. The van der Waals surface area contributed by atoms with E-state index in [4.69, 9.17) is 4.74 Å². The highest BCUT2D eigenvalue weighted by Gasteiger charge is 2.51. The Morgan fingerprint density at radius 3 is 1.21 bits per heavy atom. The molecule has 1 saturated carbocycles. The van der Waals surface area contributed by atoms with Crippen molar-refractivity contribution in [3.8, 4) is 0 Å². The summed E-state index contributed by atoms with van der Waals surface area (Å²) in [5, 5.41) is 0. The number of nitrogens with zero attached hydrogens (tertiary/aromatic N) is 14. The maximum atomic E-state index is 5.61. The quantitative estimate of drug-likeness (QED) is 0.185. The molecule has 13 aliphatic heterocycles. The molecule has 87 heavy (non-hydrogen) atoms. The summed E-state index contributed by atoms with van der Waals surface area (Å²) in [6.07, 6.45) is 10.4. The van der Waals surface area contributed by atoms with Crippen molar-refractivity contribution in [1.82, 2.24) is 68.6 Å². The molecule has 508 valence electrons. The topological polar surface area (TPSA) is 54.6 Å². The molecule has 0 aromatic heterocycles. The standard InChI is InChI=1S/C13H26N2O.C12H22N2.3C10H20N2.C9H18N2.C8H18N2/c1-4-16-13-9-15(10-13)12-5-7-14(8-6-12)11(2)3;1-9(2)13-5-10-7-14(12-3-4-12)8-11(10)6-13;1-8(2)12-6-9-4-11(3)5-10(9)7-12;1-8(2)12-6-9-4-5-11(3)10(9)7-12;1-9(2)12-7-10(8-12)11-5-3-4-6-11;1-8(2)11-6-9(7-11)4-10(3)5-9;1-7(2)10-5-8(6-10)9(3)4/h11-13H,4-10H2,1-3H3;9-12H,3-8H2,1-2H3;2*8-10H,4-7H2,1-3H3;9-10H,3-8H2,1-2H3;8H,4-7H2,1-3H3;7-8H,5-6H2,1-4H3/t;10-,11+;;;;;. The second kappa shape index (κ2) is 33.2. The molecule has 0 amide bonds. The highest BCUT2D eigenvalue weighted by atomic mass is 16.5. The van der Waals surface area contributed by atoms with Crippen LogP contribution in [-0.4, -0.2) is 353 Å². The van der Waals surface area contributed by atoms with Crippen molar-refractivity contribution >= 4 is 0 Å². The molecule has 0 aromatic rings. The first kappa shape index (κ1) is 72.2. The highest BCUT2D eigenvalue weighted by Crippen LogP contribution is 2.40. The molecule has 13 heterocycles. The average molecular weight is 1220 g/mol. The van der Waals surface area contributed by atoms with Crippen LogP contribution >= 0.6 is 0 Å². The fourth-order valence-electron chi connectivity index (χ4n) is 17.4. The predicted molar refractivity (Wildman–Crippen MR) is 370 cm³/mol. The Labute approximate surface area is 538 Å². The summed E-state index contributed by atoms with van der Waals surface area (Å²) in [7, 11) is 11.0. The van der Waals surface area contributed by atoms with Gasteiger partial charge in [-0.25, -0.2) is 0 Å². The number of hydrogen-bond acceptors (Lipinski definition) is 15. The average Bonchev–Trinajstić information content (AvgIpc) is 2.25. The van der Waals surface area contributed by atoms with Gasteiger partial charge in [0.25, 0.3) is 0 Å². The van der Waals surface area contributed by atoms with E-state index in [2.05, 4.69) is 208 Å². The third-order valence-corrected chi connectivity index (χ3v) is 24.0. The van der Waals surface area contributed by atoms with Gasteiger partial charge < -0.3 is 39.0 Å². The third-order valence-electron chi connectivity index (χ3n) is 24.0. The lowest BCUT2D eigenvalue weighted by Crippen LogP contribution is -2.72. The molecule has 14 aliphatic rings. The Morgan fingerprint density at radius 2 is 0.782 bits per heavy atom. The number of likely N-dealkylation sites (tertiary alicyclic amines) is 13. The summed E-state index contributed by atoms with van der Waals surface area (Å²) in [4.78, 5) is 35.9. The summed E-state index contributed by atoms with van der Waals surface area (Å²) >= 11 is 0. The first-order valence-corrected chi connectivity index (χ1v) is 37.0. The minimum Gasteiger partial charge on any atom is -0.376 e. The van der Waals surface area contributed by atoms with E-state index in [-0.39, 0.29) is 0 Å². The number of piperidine rings is 1. The van der Waals surface area contributed by atoms with Gasteiger partial charge in [-0.15, -0.1) is 0 Å². The molecule has 15 heteroatoms. The molecule has 15 nitrogen and oxygen atoms in total. The molecule has 14 rings (SSSR count). The lowest BCUT2D eigenvalue weighted by molar-refractivity contribution is -0.115. The van der Waals surface area contributed by atoms with Crippen molar-refractivity contribution in [2.24, 2.45) is 35.0 Å². The lowest BCUT2D eigenvalue weighted by Gasteiger charge is -2.60. The van der Waals surface area contributed by atoms with E-state index in [9.17, 15) is 0 Å². The van der Waals surface area contributed by atoms with Crippen LogP contribution < -0.4 is 0 Å². The van der Waals surface area contributed by atoms with Crippen LogP contribution in [-0.2, 0) is 4.74 Å². The van der Waals surface area contributed by atoms with Crippen LogP contribution in [0.25, 0.3) is 0 Å². The zero-order chi connectivity index (χ0) is 63.0. The van der Waals surface area contributed by atoms with E-state index in [1.54, 1.807) is 0 Å². The van der Waals surface area contributed by atoms with Crippen LogP contribution in [0.15, 0.2) is 0 Å². The van der Waals surface area contributed by atoms with E-state index in [0.29, 0.717) is 12.1 Å². The van der Waals surface area contributed by atoms with Gasteiger partial charge in [0.15, 0.2) is 0 Å². The molecule has 4 unspecified atom stereocenters. The van der Waals surface area contributed by atoms with Gasteiger partial charge in [0, 0.05) is 215 Å². The zero-order valence-corrected chi connectivity index (χ0v) is 60.9. The second-order valence-corrected chi connectivity index (χ2v) is 33.4. The van der Waals surface area contributed by atoms with Crippen molar-refractivity contribution in [2.75, 3.05) is 205 Å². The van der Waals surface area contributed by atoms with Crippen LogP contribution in [0.1, 0.15) is 149 Å². The molecule has 14 fully saturated rings. The molecule has 0 radical (unpaired) electrons. The minimum absolute atomic E-state index is 0.521. The highest BCUT2D eigenvalue weighted by molar-refractivity contribution is 5.05. The predicted octanol–water partition coefficient (Wildman–Crippen LogP) is 7.38. The minimum atomic E-state index is 0.521. The monoisotopic (exact) mass is 1220 g/mol. The van der Waals surface area contributed by atoms with Gasteiger partial charge in [-0.1, -0.05) is 0 Å². The van der Waals surface area contributed by atoms with E-state index in [0.717, 1.165) is 108 Å². The number of likely N-dealkylation sites (N-methyl/N-ethyl adjacent to an activating group) is 2. The van der Waals surface area contributed by atoms with E-state index >= 15 is 0 Å². The summed E-state index contributed by atoms with van der Waals surface area (Å²) < 4.78 is 5.61. The Balaban J connectivity index is 0.000000132. The fraction of sp³-hybridized carbons (Fsp3) is 1.00. The van der Waals surface area contributed by atoms with Gasteiger partial charge >= 0.3 is 0 Å². The summed E-state index contributed by atoms with van der Waals surface area (Å²) in [5.74, 6) is 4.91. The molecule has 1 spiro atoms. The van der Waals surface area contributed by atoms with Crippen molar-refractivity contribution in [2.45, 2.75) is 227 Å². The summed E-state index contributed by atoms with van der Waals surface area (Å²) in [6.45, 7) is 68.0. The van der Waals surface area contributed by atoms with Gasteiger partial charge in [0.1, 0.15) is 0 Å². The Hall–Kier alpha value is -0.600. The maximum absolute atomic E-state index is 5.61. The molecule has 0 N–H and O–H groups in total. The molecule has 6 atom stereocenters. The number of fused-ring (bicyclic) bond motifs is 3. The number of hydrogen-bond donors (Lipinski definition) is 0. The smallest absolute Gasteiger partial charge is 0.0828 e. The SMILES string of the molecule is CC(C)N1CC(N(C)C)C1.CC(C)N1CC(N2CCCC2)C1.CC(C)N1CC2(CN(C)C2)C1.CC(C)N1CC2CCN(C)C2C1.CC(C)N1CC2CN(C)CC2C1.CC(C)N1C[C@@H]2CN(C3CC3)C[C@@H]2C1.CCOC1CN(C2CCN(C(C)C)CC2)C1. The second-order valence-electron chi connectivity index (χ2n) is 33.4.